The van der Waals surface area contributed by atoms with Gasteiger partial charge in [-0.2, -0.15) is 11.8 Å². The van der Waals surface area contributed by atoms with Gasteiger partial charge in [0.05, 0.1) is 17.7 Å². The van der Waals surface area contributed by atoms with E-state index >= 15 is 0 Å². The van der Waals surface area contributed by atoms with Crippen LogP contribution in [-0.2, 0) is 10.0 Å². The van der Waals surface area contributed by atoms with Crippen LogP contribution in [-0.4, -0.2) is 34.1 Å². The second kappa shape index (κ2) is 6.86. The van der Waals surface area contributed by atoms with E-state index in [1.807, 2.05) is 6.26 Å². The number of nitrogens with one attached hydrogen (secondary N) is 1. The zero-order valence-electron chi connectivity index (χ0n) is 10.5. The summed E-state index contributed by atoms with van der Waals surface area (Å²) in [6.45, 7) is 0.755. The maximum atomic E-state index is 11.3. The van der Waals surface area contributed by atoms with Crippen LogP contribution in [0.5, 0.6) is 5.75 Å². The van der Waals surface area contributed by atoms with Gasteiger partial charge in [0, 0.05) is 6.54 Å². The van der Waals surface area contributed by atoms with Crippen LogP contribution < -0.4 is 15.2 Å². The Morgan fingerprint density at radius 2 is 2.17 bits per heavy atom. The first-order valence-corrected chi connectivity index (χ1v) is 8.36. The van der Waals surface area contributed by atoms with Crippen LogP contribution in [0.1, 0.15) is 6.42 Å². The van der Waals surface area contributed by atoms with Crippen molar-refractivity contribution in [2.45, 2.75) is 11.3 Å². The zero-order chi connectivity index (χ0) is 13.6. The average Bonchev–Trinajstić information content (AvgIpc) is 2.33. The number of nitrogens with two attached hydrogens (primary N) is 1. The summed E-state index contributed by atoms with van der Waals surface area (Å²) in [6, 6.07) is 4.52. The van der Waals surface area contributed by atoms with Crippen LogP contribution in [0.15, 0.2) is 23.1 Å². The Morgan fingerprint density at radius 1 is 1.44 bits per heavy atom. The van der Waals surface area contributed by atoms with Gasteiger partial charge in [0.1, 0.15) is 5.75 Å². The largest absolute Gasteiger partial charge is 0.495 e. The minimum Gasteiger partial charge on any atom is -0.495 e. The Kier molecular flexibility index (Phi) is 5.77. The van der Waals surface area contributed by atoms with Crippen molar-refractivity contribution in [3.8, 4) is 5.75 Å². The summed E-state index contributed by atoms with van der Waals surface area (Å²) in [6.07, 6.45) is 3.03. The predicted octanol–water partition coefficient (Wildman–Crippen LogP) is 1.51. The molecular weight excluding hydrogens is 272 g/mol. The molecule has 0 amide bonds. The van der Waals surface area contributed by atoms with E-state index in [1.54, 1.807) is 24.9 Å². The molecule has 0 atom stereocenters. The van der Waals surface area contributed by atoms with E-state index in [2.05, 4.69) is 5.32 Å². The van der Waals surface area contributed by atoms with E-state index in [9.17, 15) is 8.42 Å². The molecular formula is C11H18N2O3S2. The lowest BCUT2D eigenvalue weighted by atomic mass is 10.3. The molecule has 1 rings (SSSR count). The van der Waals surface area contributed by atoms with Gasteiger partial charge in [-0.1, -0.05) is 0 Å². The molecule has 0 heterocycles. The number of methoxy groups -OCH3 is 1. The number of rotatable bonds is 7. The molecule has 0 aliphatic rings. The lowest BCUT2D eigenvalue weighted by molar-refractivity contribution is 0.416. The molecule has 3 N–H and O–H groups in total. The fourth-order valence-corrected chi connectivity index (χ4v) is 2.41. The van der Waals surface area contributed by atoms with Gasteiger partial charge in [0.15, 0.2) is 0 Å². The molecule has 0 unspecified atom stereocenters. The maximum Gasteiger partial charge on any atom is 0.238 e. The summed E-state index contributed by atoms with van der Waals surface area (Å²) in [7, 11) is -2.14. The second-order valence-corrected chi connectivity index (χ2v) is 6.23. The summed E-state index contributed by atoms with van der Waals surface area (Å²) in [5.41, 5.74) is 0.644. The third kappa shape index (κ3) is 4.40. The molecule has 1 aromatic carbocycles. The summed E-state index contributed by atoms with van der Waals surface area (Å²) >= 11 is 1.77. The van der Waals surface area contributed by atoms with Crippen molar-refractivity contribution < 1.29 is 13.2 Å². The standard InChI is InChI=1S/C11H18N2O3S2/c1-16-11-5-4-9(18(12,14)15)8-10(11)13-6-3-7-17-2/h4-5,8,13H,3,6-7H2,1-2H3,(H2,12,14,15). The van der Waals surface area contributed by atoms with Crippen molar-refractivity contribution in [1.82, 2.24) is 0 Å². The molecule has 0 fully saturated rings. The van der Waals surface area contributed by atoms with Crippen molar-refractivity contribution in [3.05, 3.63) is 18.2 Å². The second-order valence-electron chi connectivity index (χ2n) is 3.68. The Hall–Kier alpha value is -0.920. The van der Waals surface area contributed by atoms with Crippen LogP contribution >= 0.6 is 11.8 Å². The highest BCUT2D eigenvalue weighted by atomic mass is 32.2. The minimum atomic E-state index is -3.69. The van der Waals surface area contributed by atoms with E-state index in [1.165, 1.54) is 12.1 Å². The predicted molar refractivity (Wildman–Crippen MR) is 75.9 cm³/mol. The molecule has 0 saturated heterocycles. The number of hydrogen-bond acceptors (Lipinski definition) is 5. The van der Waals surface area contributed by atoms with E-state index in [0.29, 0.717) is 11.4 Å². The van der Waals surface area contributed by atoms with E-state index in [-0.39, 0.29) is 4.90 Å². The summed E-state index contributed by atoms with van der Waals surface area (Å²) in [5.74, 6) is 1.65. The van der Waals surface area contributed by atoms with Gasteiger partial charge in [-0.05, 0) is 36.6 Å². The maximum absolute atomic E-state index is 11.3. The van der Waals surface area contributed by atoms with Crippen molar-refractivity contribution in [1.29, 1.82) is 0 Å². The topological polar surface area (TPSA) is 81.4 Å². The number of sulfonamides is 1. The fraction of sp³-hybridized carbons (Fsp3) is 0.455. The molecule has 102 valence electrons. The van der Waals surface area contributed by atoms with Crippen molar-refractivity contribution in [2.75, 3.05) is 31.0 Å². The van der Waals surface area contributed by atoms with Gasteiger partial charge >= 0.3 is 0 Å². The van der Waals surface area contributed by atoms with Crippen LogP contribution in [0.2, 0.25) is 0 Å². The molecule has 0 bridgehead atoms. The van der Waals surface area contributed by atoms with E-state index in [4.69, 9.17) is 9.88 Å². The molecule has 5 nitrogen and oxygen atoms in total. The van der Waals surface area contributed by atoms with Crippen molar-refractivity contribution in [2.24, 2.45) is 5.14 Å². The Labute approximate surface area is 112 Å². The van der Waals surface area contributed by atoms with Crippen LogP contribution in [0.4, 0.5) is 5.69 Å². The summed E-state index contributed by atoms with van der Waals surface area (Å²) < 4.78 is 27.7. The lowest BCUT2D eigenvalue weighted by Crippen LogP contribution is -2.13. The summed E-state index contributed by atoms with van der Waals surface area (Å²) in [5, 5.41) is 8.25. The van der Waals surface area contributed by atoms with Gasteiger partial charge in [-0.15, -0.1) is 0 Å². The number of anilines is 1. The minimum absolute atomic E-state index is 0.0793. The van der Waals surface area contributed by atoms with Crippen LogP contribution in [0.25, 0.3) is 0 Å². The fourth-order valence-electron chi connectivity index (χ4n) is 1.44. The van der Waals surface area contributed by atoms with Gasteiger partial charge in [-0.25, -0.2) is 13.6 Å². The SMILES string of the molecule is COc1ccc(S(N)(=O)=O)cc1NCCCSC. The van der Waals surface area contributed by atoms with E-state index < -0.39 is 10.0 Å². The number of ether oxygens (including phenoxy) is 1. The number of thioether (sulfide) groups is 1. The third-order valence-corrected chi connectivity index (χ3v) is 3.95. The highest BCUT2D eigenvalue weighted by Gasteiger charge is 2.11. The number of benzene rings is 1. The molecule has 0 aliphatic carbocycles. The Bertz CT molecular complexity index is 489. The van der Waals surface area contributed by atoms with Crippen molar-refractivity contribution >= 4 is 27.5 Å². The van der Waals surface area contributed by atoms with Gasteiger partial charge in [0.2, 0.25) is 10.0 Å². The highest BCUT2D eigenvalue weighted by Crippen LogP contribution is 2.26. The van der Waals surface area contributed by atoms with Crippen LogP contribution in [0.3, 0.4) is 0 Å². The first kappa shape index (κ1) is 15.1. The smallest absolute Gasteiger partial charge is 0.238 e. The molecule has 0 saturated carbocycles. The van der Waals surface area contributed by atoms with Crippen LogP contribution in [0, 0.1) is 0 Å². The van der Waals surface area contributed by atoms with Gasteiger partial charge < -0.3 is 10.1 Å². The molecule has 18 heavy (non-hydrogen) atoms. The Morgan fingerprint density at radius 3 is 2.72 bits per heavy atom. The summed E-state index contributed by atoms with van der Waals surface area (Å²) in [4.78, 5) is 0.0793. The normalized spacial score (nSPS) is 11.3. The monoisotopic (exact) mass is 290 g/mol. The molecule has 0 aliphatic heterocycles. The Balaban J connectivity index is 2.86. The highest BCUT2D eigenvalue weighted by molar-refractivity contribution is 7.98. The molecule has 7 heteroatoms. The first-order valence-electron chi connectivity index (χ1n) is 5.42. The molecule has 1 aromatic rings. The molecule has 0 radical (unpaired) electrons. The zero-order valence-corrected chi connectivity index (χ0v) is 12.1. The molecule has 0 aromatic heterocycles. The third-order valence-electron chi connectivity index (χ3n) is 2.34. The first-order chi connectivity index (χ1) is 8.49. The number of primary sulfonamides is 1. The van der Waals surface area contributed by atoms with Gasteiger partial charge in [-0.3, -0.25) is 0 Å². The lowest BCUT2D eigenvalue weighted by Gasteiger charge is -2.12. The molecule has 0 spiro atoms. The average molecular weight is 290 g/mol. The van der Waals surface area contributed by atoms with E-state index in [0.717, 1.165) is 18.7 Å². The number of hydrogen-bond donors (Lipinski definition) is 2. The van der Waals surface area contributed by atoms with Crippen molar-refractivity contribution in [3.63, 3.8) is 0 Å². The quantitative estimate of drug-likeness (QED) is 0.744. The van der Waals surface area contributed by atoms with Gasteiger partial charge in [0.25, 0.3) is 0 Å².